The van der Waals surface area contributed by atoms with Gasteiger partial charge < -0.3 is 5.73 Å². The molecule has 0 radical (unpaired) electrons. The van der Waals surface area contributed by atoms with Gasteiger partial charge in [0.1, 0.15) is 0 Å². The molecule has 1 rings (SSSR count). The average molecular weight is 178 g/mol. The number of guanidine groups is 1. The molecule has 0 spiro atoms. The first-order valence-electron chi connectivity index (χ1n) is 4.16. The molecule has 70 valence electrons. The lowest BCUT2D eigenvalue weighted by atomic mass is 10.1. The minimum absolute atomic E-state index is 0.223. The number of aliphatic imine (C=N–C) groups is 1. The molecule has 1 aromatic carbocycles. The van der Waals surface area contributed by atoms with Crippen LogP contribution in [0.3, 0.4) is 0 Å². The average Bonchev–Trinajstić information content (AvgIpc) is 2.18. The largest absolute Gasteiger partial charge is 0.369 e. The molecule has 0 saturated heterocycles. The number of hydrogen-bond acceptors (Lipinski definition) is 2. The van der Waals surface area contributed by atoms with Crippen molar-refractivity contribution in [3.63, 3.8) is 0 Å². The van der Waals surface area contributed by atoms with Crippen LogP contribution in [0.2, 0.25) is 0 Å². The Morgan fingerprint density at radius 1 is 1.46 bits per heavy atom. The first-order chi connectivity index (χ1) is 6.27. The van der Waals surface area contributed by atoms with Crippen LogP contribution in [0.1, 0.15) is 12.5 Å². The second kappa shape index (κ2) is 4.47. The van der Waals surface area contributed by atoms with Gasteiger partial charge in [0.25, 0.3) is 0 Å². The number of hydrazine groups is 1. The van der Waals surface area contributed by atoms with E-state index < -0.39 is 0 Å². The van der Waals surface area contributed by atoms with Gasteiger partial charge in [-0.05, 0) is 18.1 Å². The van der Waals surface area contributed by atoms with Crippen LogP contribution in [0.15, 0.2) is 29.3 Å². The smallest absolute Gasteiger partial charge is 0.208 e. The van der Waals surface area contributed by atoms with Crippen LogP contribution in [0.5, 0.6) is 0 Å². The number of aryl methyl sites for hydroxylation is 1. The lowest BCUT2D eigenvalue weighted by Gasteiger charge is -2.03. The van der Waals surface area contributed by atoms with E-state index in [1.165, 1.54) is 0 Å². The third-order valence-corrected chi connectivity index (χ3v) is 1.76. The summed E-state index contributed by atoms with van der Waals surface area (Å²) in [5.74, 6) is 5.33. The Kier molecular flexibility index (Phi) is 3.28. The van der Waals surface area contributed by atoms with Crippen LogP contribution < -0.4 is 17.0 Å². The van der Waals surface area contributed by atoms with Crippen LogP contribution in [0.4, 0.5) is 5.69 Å². The van der Waals surface area contributed by atoms with Gasteiger partial charge in [-0.3, -0.25) is 5.43 Å². The normalized spacial score (nSPS) is 11.4. The van der Waals surface area contributed by atoms with E-state index in [1.54, 1.807) is 0 Å². The Morgan fingerprint density at radius 2 is 2.15 bits per heavy atom. The molecule has 0 aliphatic rings. The molecule has 0 fully saturated rings. The van der Waals surface area contributed by atoms with Crippen molar-refractivity contribution in [3.8, 4) is 0 Å². The van der Waals surface area contributed by atoms with Gasteiger partial charge in [0.2, 0.25) is 5.96 Å². The maximum Gasteiger partial charge on any atom is 0.208 e. The highest BCUT2D eigenvalue weighted by atomic mass is 15.3. The summed E-state index contributed by atoms with van der Waals surface area (Å²) in [6.07, 6.45) is 0.928. The maximum atomic E-state index is 5.44. The molecule has 4 heteroatoms. The Labute approximate surface area is 77.6 Å². The summed E-state index contributed by atoms with van der Waals surface area (Å²) in [6, 6.07) is 7.82. The fraction of sp³-hybridized carbons (Fsp3) is 0.222. The molecule has 0 atom stereocenters. The first kappa shape index (κ1) is 9.54. The number of nitrogens with two attached hydrogens (primary N) is 2. The standard InChI is InChI=1S/C9H14N4/c1-2-7-5-3-4-6-8(7)12-9(10)13-11/h3-6H,2,11H2,1H3,(H3,10,12,13). The van der Waals surface area contributed by atoms with Crippen LogP contribution in [-0.2, 0) is 6.42 Å². The van der Waals surface area contributed by atoms with Gasteiger partial charge in [-0.1, -0.05) is 25.1 Å². The second-order valence-electron chi connectivity index (χ2n) is 2.62. The lowest BCUT2D eigenvalue weighted by molar-refractivity contribution is 1.00. The molecular weight excluding hydrogens is 164 g/mol. The third-order valence-electron chi connectivity index (χ3n) is 1.76. The summed E-state index contributed by atoms with van der Waals surface area (Å²) in [4.78, 5) is 4.11. The zero-order chi connectivity index (χ0) is 9.68. The van der Waals surface area contributed by atoms with Crippen LogP contribution >= 0.6 is 0 Å². The number of nitrogens with one attached hydrogen (secondary N) is 1. The summed E-state index contributed by atoms with van der Waals surface area (Å²) < 4.78 is 0. The summed E-state index contributed by atoms with van der Waals surface area (Å²) in [7, 11) is 0. The van der Waals surface area contributed by atoms with Gasteiger partial charge in [0.05, 0.1) is 5.69 Å². The molecule has 0 bridgehead atoms. The highest BCUT2D eigenvalue weighted by molar-refractivity contribution is 5.80. The van der Waals surface area contributed by atoms with Gasteiger partial charge >= 0.3 is 0 Å². The van der Waals surface area contributed by atoms with E-state index in [0.717, 1.165) is 17.7 Å². The minimum Gasteiger partial charge on any atom is -0.369 e. The lowest BCUT2D eigenvalue weighted by Crippen LogP contribution is -2.36. The van der Waals surface area contributed by atoms with Gasteiger partial charge in [0.15, 0.2) is 0 Å². The number of hydrogen-bond donors (Lipinski definition) is 3. The van der Waals surface area contributed by atoms with Gasteiger partial charge in [-0.15, -0.1) is 0 Å². The SMILES string of the molecule is CCc1ccccc1N=C(N)NN. The molecule has 0 aliphatic heterocycles. The van der Waals surface area contributed by atoms with Gasteiger partial charge in [0, 0.05) is 0 Å². The summed E-state index contributed by atoms with van der Waals surface area (Å²) in [5, 5.41) is 0. The van der Waals surface area contributed by atoms with Crippen molar-refractivity contribution in [2.75, 3.05) is 0 Å². The van der Waals surface area contributed by atoms with E-state index >= 15 is 0 Å². The molecule has 4 nitrogen and oxygen atoms in total. The number of para-hydroxylation sites is 1. The zero-order valence-electron chi connectivity index (χ0n) is 7.62. The van der Waals surface area contributed by atoms with Crippen LogP contribution in [0.25, 0.3) is 0 Å². The van der Waals surface area contributed by atoms with Crippen molar-refractivity contribution < 1.29 is 0 Å². The highest BCUT2D eigenvalue weighted by Crippen LogP contribution is 2.18. The fourth-order valence-electron chi connectivity index (χ4n) is 1.08. The number of rotatable bonds is 2. The summed E-state index contributed by atoms with van der Waals surface area (Å²) in [5.41, 5.74) is 9.75. The Hall–Kier alpha value is -1.55. The second-order valence-corrected chi connectivity index (χ2v) is 2.62. The van der Waals surface area contributed by atoms with Crippen molar-refractivity contribution >= 4 is 11.6 Å². The Morgan fingerprint density at radius 3 is 2.77 bits per heavy atom. The molecule has 0 heterocycles. The van der Waals surface area contributed by atoms with E-state index in [2.05, 4.69) is 17.3 Å². The van der Waals surface area contributed by atoms with E-state index in [0.29, 0.717) is 0 Å². The van der Waals surface area contributed by atoms with E-state index in [-0.39, 0.29) is 5.96 Å². The topological polar surface area (TPSA) is 76.4 Å². The van der Waals surface area contributed by atoms with Crippen LogP contribution in [-0.4, -0.2) is 5.96 Å². The molecule has 5 N–H and O–H groups in total. The number of benzene rings is 1. The van der Waals surface area contributed by atoms with Gasteiger partial charge in [-0.25, -0.2) is 10.8 Å². The molecule has 0 aliphatic carbocycles. The molecule has 0 amide bonds. The molecule has 13 heavy (non-hydrogen) atoms. The van der Waals surface area contributed by atoms with E-state index in [4.69, 9.17) is 11.6 Å². The van der Waals surface area contributed by atoms with Crippen molar-refractivity contribution in [3.05, 3.63) is 29.8 Å². The van der Waals surface area contributed by atoms with Crippen molar-refractivity contribution in [2.24, 2.45) is 16.6 Å². The third kappa shape index (κ3) is 2.45. The minimum atomic E-state index is 0.223. The number of nitrogens with zero attached hydrogens (tertiary/aromatic N) is 1. The van der Waals surface area contributed by atoms with Crippen molar-refractivity contribution in [1.29, 1.82) is 0 Å². The zero-order valence-corrected chi connectivity index (χ0v) is 7.62. The molecule has 0 saturated carbocycles. The first-order valence-corrected chi connectivity index (χ1v) is 4.16. The Balaban J connectivity index is 2.99. The van der Waals surface area contributed by atoms with Crippen molar-refractivity contribution in [2.45, 2.75) is 13.3 Å². The highest BCUT2D eigenvalue weighted by Gasteiger charge is 1.97. The van der Waals surface area contributed by atoms with E-state index in [9.17, 15) is 0 Å². The molecule has 0 aromatic heterocycles. The Bertz CT molecular complexity index is 306. The summed E-state index contributed by atoms with van der Waals surface area (Å²) >= 11 is 0. The quantitative estimate of drug-likeness (QED) is 0.269. The predicted molar refractivity (Wildman–Crippen MR) is 54.4 cm³/mol. The molecule has 0 unspecified atom stereocenters. The molecule has 1 aromatic rings. The van der Waals surface area contributed by atoms with E-state index in [1.807, 2.05) is 24.3 Å². The maximum absolute atomic E-state index is 5.44. The van der Waals surface area contributed by atoms with Gasteiger partial charge in [-0.2, -0.15) is 0 Å². The van der Waals surface area contributed by atoms with Crippen LogP contribution in [0, 0.1) is 0 Å². The summed E-state index contributed by atoms with van der Waals surface area (Å²) in [6.45, 7) is 2.07. The predicted octanol–water partition coefficient (Wildman–Crippen LogP) is 0.659. The van der Waals surface area contributed by atoms with Crippen molar-refractivity contribution in [1.82, 2.24) is 5.43 Å². The molecular formula is C9H14N4. The monoisotopic (exact) mass is 178 g/mol. The fourth-order valence-corrected chi connectivity index (χ4v) is 1.08.